The van der Waals surface area contributed by atoms with Gasteiger partial charge in [-0.1, -0.05) is 23.9 Å². The highest BCUT2D eigenvalue weighted by molar-refractivity contribution is 7.99. The number of phenols is 1. The van der Waals surface area contributed by atoms with Crippen molar-refractivity contribution in [1.82, 2.24) is 9.55 Å². The number of aromatic hydroxyl groups is 1. The van der Waals surface area contributed by atoms with Gasteiger partial charge in [-0.15, -0.1) is 0 Å². The van der Waals surface area contributed by atoms with Gasteiger partial charge in [0.2, 0.25) is 0 Å². The van der Waals surface area contributed by atoms with Gasteiger partial charge in [-0.25, -0.2) is 4.98 Å². The van der Waals surface area contributed by atoms with E-state index in [0.717, 1.165) is 16.2 Å². The van der Waals surface area contributed by atoms with Crippen LogP contribution in [-0.2, 0) is 6.54 Å². The van der Waals surface area contributed by atoms with Crippen LogP contribution in [0.25, 0.3) is 0 Å². The van der Waals surface area contributed by atoms with Crippen molar-refractivity contribution in [3.8, 4) is 11.5 Å². The normalized spacial score (nSPS) is 10.5. The number of methoxy groups -OCH3 is 1. The molecule has 3 rings (SSSR count). The number of nitrogens with zero attached hydrogens (tertiary/aromatic N) is 2. The molecule has 0 spiro atoms. The molecule has 0 aliphatic carbocycles. The second-order valence-corrected chi connectivity index (χ2v) is 6.17. The first-order chi connectivity index (χ1) is 11.7. The lowest BCUT2D eigenvalue weighted by Gasteiger charge is -2.08. The van der Waals surface area contributed by atoms with Crippen LogP contribution in [0, 0.1) is 0 Å². The largest absolute Gasteiger partial charge is 0.508 e. The molecule has 0 amide bonds. The molecule has 122 valence electrons. The van der Waals surface area contributed by atoms with Crippen molar-refractivity contribution in [2.75, 3.05) is 7.11 Å². The summed E-state index contributed by atoms with van der Waals surface area (Å²) in [6.45, 7) is 0.467. The van der Waals surface area contributed by atoms with Crippen molar-refractivity contribution in [2.24, 2.45) is 0 Å². The average Bonchev–Trinajstić information content (AvgIpc) is 2.61. The lowest BCUT2D eigenvalue weighted by atomic mass is 10.2. The van der Waals surface area contributed by atoms with Crippen molar-refractivity contribution >= 4 is 11.8 Å². The zero-order valence-electron chi connectivity index (χ0n) is 13.0. The van der Waals surface area contributed by atoms with Crippen LogP contribution in [0.15, 0.2) is 75.6 Å². The number of ether oxygens (including phenoxy) is 1. The number of phenolic OH excluding ortho intramolecular Hbond substituents is 1. The molecule has 0 bridgehead atoms. The Balaban J connectivity index is 1.82. The highest BCUT2D eigenvalue weighted by atomic mass is 32.2. The summed E-state index contributed by atoms with van der Waals surface area (Å²) in [5.41, 5.74) is 0.857. The summed E-state index contributed by atoms with van der Waals surface area (Å²) in [4.78, 5) is 17.6. The zero-order valence-corrected chi connectivity index (χ0v) is 13.9. The molecule has 1 heterocycles. The molecule has 3 aromatic rings. The summed E-state index contributed by atoms with van der Waals surface area (Å²) in [6.07, 6.45) is 3.29. The quantitative estimate of drug-likeness (QED) is 0.773. The van der Waals surface area contributed by atoms with Gasteiger partial charge in [-0.05, 0) is 42.0 Å². The summed E-state index contributed by atoms with van der Waals surface area (Å²) in [5, 5.41) is 9.72. The predicted octanol–water partition coefficient (Wildman–Crippen LogP) is 3.16. The van der Waals surface area contributed by atoms with Crippen molar-refractivity contribution in [2.45, 2.75) is 16.5 Å². The molecule has 0 saturated carbocycles. The second kappa shape index (κ2) is 7.23. The monoisotopic (exact) mass is 340 g/mol. The number of hydrogen-bond donors (Lipinski definition) is 1. The number of hydrogen-bond acceptors (Lipinski definition) is 5. The third-order valence-corrected chi connectivity index (χ3v) is 4.43. The Hall–Kier alpha value is -2.73. The Morgan fingerprint density at radius 2 is 1.83 bits per heavy atom. The van der Waals surface area contributed by atoms with Gasteiger partial charge in [0.25, 0.3) is 5.56 Å². The second-order valence-electron chi connectivity index (χ2n) is 5.11. The summed E-state index contributed by atoms with van der Waals surface area (Å²) in [5.74, 6) is 0.974. The summed E-state index contributed by atoms with van der Waals surface area (Å²) in [7, 11) is 1.62. The third kappa shape index (κ3) is 3.78. The molecule has 0 unspecified atom stereocenters. The lowest BCUT2D eigenvalue weighted by Crippen LogP contribution is -2.22. The van der Waals surface area contributed by atoms with E-state index in [1.54, 1.807) is 48.3 Å². The molecule has 6 heteroatoms. The van der Waals surface area contributed by atoms with Crippen molar-refractivity contribution in [3.63, 3.8) is 0 Å². The van der Waals surface area contributed by atoms with Gasteiger partial charge in [0.1, 0.15) is 11.5 Å². The minimum absolute atomic E-state index is 0.147. The van der Waals surface area contributed by atoms with E-state index in [2.05, 4.69) is 4.98 Å². The first-order valence-electron chi connectivity index (χ1n) is 7.31. The molecule has 5 nitrogen and oxygen atoms in total. The molecule has 1 N–H and O–H groups in total. The van der Waals surface area contributed by atoms with E-state index in [1.165, 1.54) is 11.8 Å². The number of benzene rings is 2. The van der Waals surface area contributed by atoms with E-state index >= 15 is 0 Å². The molecule has 0 saturated heterocycles. The van der Waals surface area contributed by atoms with Crippen LogP contribution in [0.4, 0.5) is 0 Å². The van der Waals surface area contributed by atoms with Crippen molar-refractivity contribution in [3.05, 3.63) is 76.8 Å². The smallest absolute Gasteiger partial charge is 0.283 e. The summed E-state index contributed by atoms with van der Waals surface area (Å²) in [6, 6.07) is 14.3. The molecular weight excluding hydrogens is 324 g/mol. The van der Waals surface area contributed by atoms with Crippen molar-refractivity contribution in [1.29, 1.82) is 0 Å². The van der Waals surface area contributed by atoms with Crippen LogP contribution in [0.5, 0.6) is 11.5 Å². The molecule has 0 aliphatic rings. The minimum Gasteiger partial charge on any atom is -0.508 e. The number of rotatable bonds is 5. The highest BCUT2D eigenvalue weighted by Crippen LogP contribution is 2.25. The Labute approximate surface area is 143 Å². The maximum atomic E-state index is 12.6. The molecule has 0 radical (unpaired) electrons. The van der Waals surface area contributed by atoms with Gasteiger partial charge in [-0.3, -0.25) is 4.79 Å². The SMILES string of the molecule is COc1ccc(Cn2ccnc(Sc3ccc(O)cc3)c2=O)cc1. The van der Waals surface area contributed by atoms with E-state index in [4.69, 9.17) is 4.74 Å². The Bertz CT molecular complexity index is 874. The molecule has 0 fully saturated rings. The average molecular weight is 340 g/mol. The predicted molar refractivity (Wildman–Crippen MR) is 92.8 cm³/mol. The standard InChI is InChI=1S/C18H16N2O3S/c1-23-15-6-2-13(3-7-15)12-20-11-10-19-17(18(20)22)24-16-8-4-14(21)5-9-16/h2-11,21H,12H2,1H3. The van der Waals surface area contributed by atoms with Crippen LogP contribution >= 0.6 is 11.8 Å². The maximum absolute atomic E-state index is 12.6. The summed E-state index contributed by atoms with van der Waals surface area (Å²) < 4.78 is 6.76. The van der Waals surface area contributed by atoms with Gasteiger partial charge in [0.15, 0.2) is 5.03 Å². The summed E-state index contributed by atoms with van der Waals surface area (Å²) >= 11 is 1.28. The van der Waals surface area contributed by atoms with Crippen LogP contribution in [-0.4, -0.2) is 21.8 Å². The minimum atomic E-state index is -0.147. The van der Waals surface area contributed by atoms with Gasteiger partial charge in [-0.2, -0.15) is 0 Å². The fourth-order valence-electron chi connectivity index (χ4n) is 2.18. The van der Waals surface area contributed by atoms with Crippen LogP contribution in [0.3, 0.4) is 0 Å². The Morgan fingerprint density at radius 3 is 2.50 bits per heavy atom. The van der Waals surface area contributed by atoms with Gasteiger partial charge in [0.05, 0.1) is 13.7 Å². The van der Waals surface area contributed by atoms with Crippen LogP contribution in [0.2, 0.25) is 0 Å². The Kier molecular flexibility index (Phi) is 4.86. The molecule has 1 aromatic heterocycles. The molecular formula is C18H16N2O3S. The van der Waals surface area contributed by atoms with E-state index in [0.29, 0.717) is 11.6 Å². The van der Waals surface area contributed by atoms with Gasteiger partial charge >= 0.3 is 0 Å². The highest BCUT2D eigenvalue weighted by Gasteiger charge is 2.08. The topological polar surface area (TPSA) is 64.3 Å². The zero-order chi connectivity index (χ0) is 16.9. The Morgan fingerprint density at radius 1 is 1.12 bits per heavy atom. The van der Waals surface area contributed by atoms with E-state index in [-0.39, 0.29) is 11.3 Å². The van der Waals surface area contributed by atoms with Gasteiger partial charge in [0, 0.05) is 17.3 Å². The molecule has 0 atom stereocenters. The first kappa shape index (κ1) is 16.1. The molecule has 2 aromatic carbocycles. The fourth-order valence-corrected chi connectivity index (χ4v) is 2.99. The van der Waals surface area contributed by atoms with Crippen molar-refractivity contribution < 1.29 is 9.84 Å². The van der Waals surface area contributed by atoms with Crippen LogP contribution in [0.1, 0.15) is 5.56 Å². The van der Waals surface area contributed by atoms with Crippen LogP contribution < -0.4 is 10.3 Å². The number of aromatic nitrogens is 2. The van der Waals surface area contributed by atoms with E-state index < -0.39 is 0 Å². The van der Waals surface area contributed by atoms with E-state index in [9.17, 15) is 9.90 Å². The maximum Gasteiger partial charge on any atom is 0.283 e. The first-order valence-corrected chi connectivity index (χ1v) is 8.12. The third-order valence-electron chi connectivity index (χ3n) is 3.45. The van der Waals surface area contributed by atoms with Gasteiger partial charge < -0.3 is 14.4 Å². The molecule has 0 aliphatic heterocycles. The van der Waals surface area contributed by atoms with E-state index in [1.807, 2.05) is 24.3 Å². The lowest BCUT2D eigenvalue weighted by molar-refractivity contribution is 0.414. The fraction of sp³-hybridized carbons (Fsp3) is 0.111. The molecule has 24 heavy (non-hydrogen) atoms.